The number of benzene rings is 1. The summed E-state index contributed by atoms with van der Waals surface area (Å²) in [6.07, 6.45) is 4.85. The van der Waals surface area contributed by atoms with Crippen LogP contribution >= 0.6 is 0 Å². The fourth-order valence-corrected chi connectivity index (χ4v) is 2.67. The van der Waals surface area contributed by atoms with Crippen molar-refractivity contribution in [1.82, 2.24) is 0 Å². The lowest BCUT2D eigenvalue weighted by molar-refractivity contribution is -0.120. The Labute approximate surface area is 103 Å². The van der Waals surface area contributed by atoms with Crippen LogP contribution in [0, 0.1) is 0 Å². The van der Waals surface area contributed by atoms with Gasteiger partial charge in [0.1, 0.15) is 11.5 Å². The molecule has 0 amide bonds. The van der Waals surface area contributed by atoms with Crippen LogP contribution in [0.15, 0.2) is 18.2 Å². The highest BCUT2D eigenvalue weighted by Crippen LogP contribution is 2.35. The normalized spacial score (nSPS) is 18.6. The number of rotatable bonds is 4. The molecule has 0 heterocycles. The number of hydrogen-bond donors (Lipinski definition) is 0. The van der Waals surface area contributed by atoms with Gasteiger partial charge in [0.05, 0.1) is 7.11 Å². The van der Waals surface area contributed by atoms with Crippen LogP contribution in [0.1, 0.15) is 49.7 Å². The summed E-state index contributed by atoms with van der Waals surface area (Å²) in [5.74, 6) is 1.43. The van der Waals surface area contributed by atoms with Gasteiger partial charge in [-0.2, -0.15) is 0 Å². The van der Waals surface area contributed by atoms with Crippen LogP contribution in [0.2, 0.25) is 0 Å². The maximum Gasteiger partial charge on any atom is 0.140 e. The van der Waals surface area contributed by atoms with E-state index in [0.717, 1.165) is 31.4 Å². The third-order valence-electron chi connectivity index (χ3n) is 3.55. The van der Waals surface area contributed by atoms with Crippen molar-refractivity contribution < 1.29 is 9.53 Å². The van der Waals surface area contributed by atoms with Gasteiger partial charge >= 0.3 is 0 Å². The molecule has 1 aromatic rings. The van der Waals surface area contributed by atoms with E-state index < -0.39 is 0 Å². The van der Waals surface area contributed by atoms with Crippen LogP contribution in [0.3, 0.4) is 0 Å². The van der Waals surface area contributed by atoms with Crippen molar-refractivity contribution >= 4 is 5.78 Å². The van der Waals surface area contributed by atoms with E-state index in [1.165, 1.54) is 11.1 Å². The van der Waals surface area contributed by atoms with E-state index >= 15 is 0 Å². The SMILES string of the molecule is CCCC(=O)C1CCCc2cc(OC)ccc21. The van der Waals surface area contributed by atoms with E-state index in [1.807, 2.05) is 6.07 Å². The maximum atomic E-state index is 12.1. The van der Waals surface area contributed by atoms with Gasteiger partial charge in [-0.3, -0.25) is 4.79 Å². The van der Waals surface area contributed by atoms with Crippen LogP contribution in [-0.4, -0.2) is 12.9 Å². The van der Waals surface area contributed by atoms with E-state index in [9.17, 15) is 4.79 Å². The molecule has 0 aliphatic heterocycles. The molecule has 2 rings (SSSR count). The van der Waals surface area contributed by atoms with Crippen molar-refractivity contribution in [3.05, 3.63) is 29.3 Å². The minimum absolute atomic E-state index is 0.129. The zero-order valence-corrected chi connectivity index (χ0v) is 10.7. The molecule has 0 radical (unpaired) electrons. The highest BCUT2D eigenvalue weighted by Gasteiger charge is 2.25. The number of hydrogen-bond acceptors (Lipinski definition) is 2. The summed E-state index contributed by atoms with van der Waals surface area (Å²) in [7, 11) is 1.68. The van der Waals surface area contributed by atoms with Gasteiger partial charge in [-0.25, -0.2) is 0 Å². The number of Topliss-reactive ketones (excluding diaryl/α,β-unsaturated/α-hetero) is 1. The molecule has 0 spiro atoms. The molecule has 0 bridgehead atoms. The van der Waals surface area contributed by atoms with E-state index in [-0.39, 0.29) is 5.92 Å². The summed E-state index contributed by atoms with van der Waals surface area (Å²) in [6.45, 7) is 2.07. The molecular weight excluding hydrogens is 212 g/mol. The number of carbonyl (C=O) groups is 1. The largest absolute Gasteiger partial charge is 0.497 e. The van der Waals surface area contributed by atoms with Crippen LogP contribution in [-0.2, 0) is 11.2 Å². The van der Waals surface area contributed by atoms with Gasteiger partial charge < -0.3 is 4.74 Å². The molecule has 1 atom stereocenters. The lowest BCUT2D eigenvalue weighted by Gasteiger charge is -2.24. The number of methoxy groups -OCH3 is 1. The summed E-state index contributed by atoms with van der Waals surface area (Å²) < 4.78 is 5.24. The molecule has 1 aliphatic carbocycles. The Bertz CT molecular complexity index is 409. The van der Waals surface area contributed by atoms with Crippen molar-refractivity contribution in [1.29, 1.82) is 0 Å². The molecule has 92 valence electrons. The number of ether oxygens (including phenoxy) is 1. The standard InChI is InChI=1S/C15H20O2/c1-3-5-15(16)14-7-4-6-11-10-12(17-2)8-9-13(11)14/h8-10,14H,3-7H2,1-2H3. The Morgan fingerprint density at radius 3 is 3.00 bits per heavy atom. The lowest BCUT2D eigenvalue weighted by atomic mass is 9.79. The quantitative estimate of drug-likeness (QED) is 0.794. The number of ketones is 1. The summed E-state index contributed by atoms with van der Waals surface area (Å²) in [5.41, 5.74) is 2.53. The molecule has 2 heteroatoms. The summed E-state index contributed by atoms with van der Waals surface area (Å²) in [6, 6.07) is 6.13. The molecule has 17 heavy (non-hydrogen) atoms. The van der Waals surface area contributed by atoms with Crippen molar-refractivity contribution in [2.75, 3.05) is 7.11 Å². The molecular formula is C15H20O2. The smallest absolute Gasteiger partial charge is 0.140 e. The predicted molar refractivity (Wildman–Crippen MR) is 68.6 cm³/mol. The molecule has 0 saturated heterocycles. The average Bonchev–Trinajstić information content (AvgIpc) is 2.37. The zero-order chi connectivity index (χ0) is 12.3. The van der Waals surface area contributed by atoms with Crippen molar-refractivity contribution in [2.24, 2.45) is 0 Å². The zero-order valence-electron chi connectivity index (χ0n) is 10.7. The second-order valence-corrected chi connectivity index (χ2v) is 4.73. The van der Waals surface area contributed by atoms with Gasteiger partial charge in [0, 0.05) is 12.3 Å². The Balaban J connectivity index is 2.28. The fraction of sp³-hybridized carbons (Fsp3) is 0.533. The topological polar surface area (TPSA) is 26.3 Å². The van der Waals surface area contributed by atoms with Crippen LogP contribution in [0.4, 0.5) is 0 Å². The molecule has 0 fully saturated rings. The van der Waals surface area contributed by atoms with Crippen molar-refractivity contribution in [2.45, 2.75) is 44.9 Å². The summed E-state index contributed by atoms with van der Waals surface area (Å²) in [4.78, 5) is 12.1. The van der Waals surface area contributed by atoms with Gasteiger partial charge in [-0.15, -0.1) is 0 Å². The van der Waals surface area contributed by atoms with E-state index in [1.54, 1.807) is 7.11 Å². The molecule has 0 aromatic heterocycles. The highest BCUT2D eigenvalue weighted by atomic mass is 16.5. The number of carbonyl (C=O) groups excluding carboxylic acids is 1. The summed E-state index contributed by atoms with van der Waals surface area (Å²) in [5, 5.41) is 0. The van der Waals surface area contributed by atoms with E-state index in [2.05, 4.69) is 19.1 Å². The molecule has 1 aliphatic rings. The third kappa shape index (κ3) is 2.51. The Hall–Kier alpha value is -1.31. The summed E-state index contributed by atoms with van der Waals surface area (Å²) >= 11 is 0. The maximum absolute atomic E-state index is 12.1. The Morgan fingerprint density at radius 2 is 2.29 bits per heavy atom. The minimum Gasteiger partial charge on any atom is -0.497 e. The first kappa shape index (κ1) is 12.2. The second-order valence-electron chi connectivity index (χ2n) is 4.73. The van der Waals surface area contributed by atoms with Crippen LogP contribution in [0.5, 0.6) is 5.75 Å². The molecule has 1 aromatic carbocycles. The number of aryl methyl sites for hydroxylation is 1. The van der Waals surface area contributed by atoms with Gasteiger partial charge in [0.2, 0.25) is 0 Å². The third-order valence-corrected chi connectivity index (χ3v) is 3.55. The molecule has 2 nitrogen and oxygen atoms in total. The van der Waals surface area contributed by atoms with Gasteiger partial charge in [-0.05, 0) is 48.9 Å². The average molecular weight is 232 g/mol. The first-order valence-electron chi connectivity index (χ1n) is 6.45. The van der Waals surface area contributed by atoms with E-state index in [0.29, 0.717) is 12.2 Å². The van der Waals surface area contributed by atoms with Gasteiger partial charge in [0.25, 0.3) is 0 Å². The first-order chi connectivity index (χ1) is 8.26. The Morgan fingerprint density at radius 1 is 1.47 bits per heavy atom. The monoisotopic (exact) mass is 232 g/mol. The van der Waals surface area contributed by atoms with Crippen molar-refractivity contribution in [3.8, 4) is 5.75 Å². The Kier molecular flexibility index (Phi) is 3.82. The van der Waals surface area contributed by atoms with Crippen LogP contribution < -0.4 is 4.74 Å². The fourth-order valence-electron chi connectivity index (χ4n) is 2.67. The molecule has 1 unspecified atom stereocenters. The van der Waals surface area contributed by atoms with Crippen LogP contribution in [0.25, 0.3) is 0 Å². The first-order valence-corrected chi connectivity index (χ1v) is 6.45. The number of fused-ring (bicyclic) bond motifs is 1. The highest BCUT2D eigenvalue weighted by molar-refractivity contribution is 5.86. The van der Waals surface area contributed by atoms with E-state index in [4.69, 9.17) is 4.74 Å². The minimum atomic E-state index is 0.129. The predicted octanol–water partition coefficient (Wildman–Crippen LogP) is 3.48. The van der Waals surface area contributed by atoms with Crippen molar-refractivity contribution in [3.63, 3.8) is 0 Å². The van der Waals surface area contributed by atoms with Gasteiger partial charge in [0.15, 0.2) is 0 Å². The van der Waals surface area contributed by atoms with Gasteiger partial charge in [-0.1, -0.05) is 13.0 Å². The second kappa shape index (κ2) is 5.35. The lowest BCUT2D eigenvalue weighted by Crippen LogP contribution is -2.18. The molecule has 0 N–H and O–H groups in total. The molecule has 0 saturated carbocycles.